The second-order valence-electron chi connectivity index (χ2n) is 6.11. The molecule has 0 bridgehead atoms. The van der Waals surface area contributed by atoms with Crippen molar-refractivity contribution in [3.05, 3.63) is 75.9 Å². The van der Waals surface area contributed by atoms with Crippen LogP contribution in [0.4, 0.5) is 9.39 Å². The quantitative estimate of drug-likeness (QED) is 0.629. The molecule has 0 unspecified atom stereocenters. The number of ether oxygens (including phenoxy) is 1. The topological polar surface area (TPSA) is 55.4 Å². The zero-order valence-electron chi connectivity index (χ0n) is 15.1. The lowest BCUT2D eigenvalue weighted by Gasteiger charge is -2.09. The minimum Gasteiger partial charge on any atom is -0.465 e. The number of thiophene rings is 1. The number of methoxy groups -OCH3 is 1. The van der Waals surface area contributed by atoms with Crippen LogP contribution in [0.2, 0.25) is 0 Å². The number of carbonyl (C=O) groups is 2. The Balaban J connectivity index is 1.97. The normalized spacial score (nSPS) is 10.5. The molecule has 2 aromatic carbocycles. The minimum atomic E-state index is -0.564. The van der Waals surface area contributed by atoms with Crippen LogP contribution < -0.4 is 5.32 Å². The summed E-state index contributed by atoms with van der Waals surface area (Å²) in [7, 11) is 1.28. The number of rotatable bonds is 4. The predicted molar refractivity (Wildman–Crippen MR) is 105 cm³/mol. The van der Waals surface area contributed by atoms with E-state index in [1.54, 1.807) is 29.6 Å². The van der Waals surface area contributed by atoms with Crippen molar-refractivity contribution in [3.8, 4) is 11.1 Å². The largest absolute Gasteiger partial charge is 0.465 e. The molecular weight excluding hydrogens is 365 g/mol. The Morgan fingerprint density at radius 1 is 1.04 bits per heavy atom. The van der Waals surface area contributed by atoms with Gasteiger partial charge in [0.15, 0.2) is 0 Å². The van der Waals surface area contributed by atoms with Crippen LogP contribution in [0.3, 0.4) is 0 Å². The number of amides is 1. The highest BCUT2D eigenvalue weighted by molar-refractivity contribution is 7.15. The van der Waals surface area contributed by atoms with E-state index >= 15 is 0 Å². The summed E-state index contributed by atoms with van der Waals surface area (Å²) in [4.78, 5) is 25.0. The maximum Gasteiger partial charge on any atom is 0.341 e. The van der Waals surface area contributed by atoms with Crippen molar-refractivity contribution in [2.45, 2.75) is 13.8 Å². The van der Waals surface area contributed by atoms with Crippen LogP contribution in [0.15, 0.2) is 47.8 Å². The lowest BCUT2D eigenvalue weighted by atomic mass is 10.0. The maximum absolute atomic E-state index is 13.2. The Morgan fingerprint density at radius 3 is 2.37 bits per heavy atom. The molecule has 27 heavy (non-hydrogen) atoms. The van der Waals surface area contributed by atoms with Crippen LogP contribution in [0, 0.1) is 19.7 Å². The van der Waals surface area contributed by atoms with Gasteiger partial charge in [-0.2, -0.15) is 0 Å². The maximum atomic E-state index is 13.2. The molecule has 0 atom stereocenters. The number of nitrogens with one attached hydrogen (secondary N) is 1. The Labute approximate surface area is 160 Å². The molecule has 1 amide bonds. The fourth-order valence-corrected chi connectivity index (χ4v) is 3.61. The van der Waals surface area contributed by atoms with Gasteiger partial charge in [0.1, 0.15) is 16.4 Å². The van der Waals surface area contributed by atoms with Crippen molar-refractivity contribution < 1.29 is 18.7 Å². The van der Waals surface area contributed by atoms with Gasteiger partial charge in [-0.25, -0.2) is 9.18 Å². The molecule has 3 rings (SSSR count). The lowest BCUT2D eigenvalue weighted by molar-refractivity contribution is 0.0603. The first-order valence-electron chi connectivity index (χ1n) is 8.25. The molecule has 0 aliphatic heterocycles. The van der Waals surface area contributed by atoms with Crippen molar-refractivity contribution in [1.29, 1.82) is 0 Å². The molecular formula is C21H18FNO3S. The average Bonchev–Trinajstić information content (AvgIpc) is 3.07. The van der Waals surface area contributed by atoms with Crippen molar-refractivity contribution in [1.82, 2.24) is 0 Å². The number of hydrogen-bond acceptors (Lipinski definition) is 4. The number of benzene rings is 2. The zero-order valence-corrected chi connectivity index (χ0v) is 15.9. The molecule has 0 radical (unpaired) electrons. The second-order valence-corrected chi connectivity index (χ2v) is 6.98. The van der Waals surface area contributed by atoms with Crippen LogP contribution in [0.1, 0.15) is 31.8 Å². The van der Waals surface area contributed by atoms with Crippen molar-refractivity contribution in [2.24, 2.45) is 0 Å². The van der Waals surface area contributed by atoms with E-state index in [0.717, 1.165) is 11.1 Å². The lowest BCUT2D eigenvalue weighted by Crippen LogP contribution is -2.14. The molecule has 0 aliphatic rings. The van der Waals surface area contributed by atoms with Crippen LogP contribution in [-0.2, 0) is 4.74 Å². The molecule has 0 spiro atoms. The summed E-state index contributed by atoms with van der Waals surface area (Å²) in [5, 5.41) is 4.93. The van der Waals surface area contributed by atoms with E-state index < -0.39 is 5.97 Å². The number of aryl methyl sites for hydroxylation is 2. The highest BCUT2D eigenvalue weighted by atomic mass is 32.1. The fourth-order valence-electron chi connectivity index (χ4n) is 2.65. The van der Waals surface area contributed by atoms with E-state index in [0.29, 0.717) is 21.7 Å². The third-order valence-electron chi connectivity index (χ3n) is 4.33. The third kappa shape index (κ3) is 3.90. The van der Waals surface area contributed by atoms with Crippen molar-refractivity contribution >= 4 is 28.2 Å². The van der Waals surface area contributed by atoms with Gasteiger partial charge in [0.25, 0.3) is 5.91 Å². The third-order valence-corrected chi connectivity index (χ3v) is 5.23. The smallest absolute Gasteiger partial charge is 0.341 e. The molecule has 1 N–H and O–H groups in total. The predicted octanol–water partition coefficient (Wildman–Crippen LogP) is 5.21. The minimum absolute atomic E-state index is 0.256. The zero-order chi connectivity index (χ0) is 19.6. The van der Waals surface area contributed by atoms with E-state index in [4.69, 9.17) is 4.74 Å². The van der Waals surface area contributed by atoms with E-state index in [1.165, 1.54) is 30.6 Å². The summed E-state index contributed by atoms with van der Waals surface area (Å²) in [5.41, 5.74) is 4.12. The average molecular weight is 383 g/mol. The van der Waals surface area contributed by atoms with Gasteiger partial charge < -0.3 is 10.1 Å². The standard InChI is InChI=1S/C21H18FNO3S/c1-12-4-5-15(10-13(12)2)19(24)23-20-18(21(25)26-3)17(11-27-20)14-6-8-16(22)9-7-14/h4-11H,1-3H3,(H,23,24). The molecule has 4 nitrogen and oxygen atoms in total. The van der Waals surface area contributed by atoms with E-state index in [1.807, 2.05) is 19.9 Å². The number of esters is 1. The van der Waals surface area contributed by atoms with E-state index in [2.05, 4.69) is 5.32 Å². The first-order valence-corrected chi connectivity index (χ1v) is 9.13. The summed E-state index contributed by atoms with van der Waals surface area (Å²) in [5.74, 6) is -1.24. The van der Waals surface area contributed by atoms with Crippen molar-refractivity contribution in [2.75, 3.05) is 12.4 Å². The first kappa shape index (κ1) is 18.8. The van der Waals surface area contributed by atoms with Gasteiger partial charge in [-0.3, -0.25) is 4.79 Å². The van der Waals surface area contributed by atoms with E-state index in [9.17, 15) is 14.0 Å². The highest BCUT2D eigenvalue weighted by Gasteiger charge is 2.22. The summed E-state index contributed by atoms with van der Waals surface area (Å²) in [6.07, 6.45) is 0. The Kier molecular flexibility index (Phi) is 5.37. The molecule has 1 aromatic heterocycles. The summed E-state index contributed by atoms with van der Waals surface area (Å²) in [6.45, 7) is 3.91. The van der Waals surface area contributed by atoms with Gasteiger partial charge in [0, 0.05) is 16.5 Å². The second kappa shape index (κ2) is 7.72. The fraction of sp³-hybridized carbons (Fsp3) is 0.143. The molecule has 0 saturated carbocycles. The number of anilines is 1. The van der Waals surface area contributed by atoms with Crippen LogP contribution in [0.25, 0.3) is 11.1 Å². The van der Waals surface area contributed by atoms with Gasteiger partial charge >= 0.3 is 5.97 Å². The highest BCUT2D eigenvalue weighted by Crippen LogP contribution is 2.36. The van der Waals surface area contributed by atoms with E-state index in [-0.39, 0.29) is 17.3 Å². The molecule has 0 fully saturated rings. The van der Waals surface area contributed by atoms with Gasteiger partial charge in [0.2, 0.25) is 0 Å². The Morgan fingerprint density at radius 2 is 1.74 bits per heavy atom. The van der Waals surface area contributed by atoms with Crippen LogP contribution in [-0.4, -0.2) is 19.0 Å². The SMILES string of the molecule is COC(=O)c1c(-c2ccc(F)cc2)csc1NC(=O)c1ccc(C)c(C)c1. The number of carbonyl (C=O) groups excluding carboxylic acids is 2. The van der Waals surface area contributed by atoms with Crippen LogP contribution >= 0.6 is 11.3 Å². The molecule has 6 heteroatoms. The monoisotopic (exact) mass is 383 g/mol. The molecule has 3 aromatic rings. The van der Waals surface area contributed by atoms with Gasteiger partial charge in [-0.1, -0.05) is 18.2 Å². The van der Waals surface area contributed by atoms with Gasteiger partial charge in [0.05, 0.1) is 7.11 Å². The molecule has 0 aliphatic carbocycles. The summed E-state index contributed by atoms with van der Waals surface area (Å²) < 4.78 is 18.1. The molecule has 1 heterocycles. The Bertz CT molecular complexity index is 1010. The van der Waals surface area contributed by atoms with Crippen molar-refractivity contribution in [3.63, 3.8) is 0 Å². The molecule has 138 valence electrons. The van der Waals surface area contributed by atoms with Gasteiger partial charge in [-0.05, 0) is 54.8 Å². The Hall–Kier alpha value is -2.99. The molecule has 0 saturated heterocycles. The summed E-state index contributed by atoms with van der Waals surface area (Å²) in [6, 6.07) is 11.2. The van der Waals surface area contributed by atoms with Crippen LogP contribution in [0.5, 0.6) is 0 Å². The number of halogens is 1. The van der Waals surface area contributed by atoms with Gasteiger partial charge in [-0.15, -0.1) is 11.3 Å². The summed E-state index contributed by atoms with van der Waals surface area (Å²) >= 11 is 1.22. The first-order chi connectivity index (χ1) is 12.9. The number of hydrogen-bond donors (Lipinski definition) is 1.